The molecule has 4 heteroatoms. The van der Waals surface area contributed by atoms with Gasteiger partial charge in [0, 0.05) is 24.8 Å². The second-order valence-corrected chi connectivity index (χ2v) is 5.06. The van der Waals surface area contributed by atoms with Gasteiger partial charge in [0.2, 0.25) is 0 Å². The van der Waals surface area contributed by atoms with E-state index in [1.807, 2.05) is 12.3 Å². The molecule has 2 heterocycles. The van der Waals surface area contributed by atoms with E-state index in [-0.39, 0.29) is 0 Å². The van der Waals surface area contributed by atoms with E-state index in [9.17, 15) is 0 Å². The summed E-state index contributed by atoms with van der Waals surface area (Å²) >= 11 is 5.07. The lowest BCUT2D eigenvalue weighted by molar-refractivity contribution is 0.494. The van der Waals surface area contributed by atoms with E-state index in [4.69, 9.17) is 18.0 Å². The number of hydrogen-bond donors (Lipinski definition) is 1. The van der Waals surface area contributed by atoms with Gasteiger partial charge in [-0.25, -0.2) is 0 Å². The molecule has 1 aromatic rings. The average molecular weight is 235 g/mol. The number of nitrogens with two attached hydrogens (primary N) is 1. The summed E-state index contributed by atoms with van der Waals surface area (Å²) in [4.78, 5) is 6.94. The van der Waals surface area contributed by atoms with Crippen LogP contribution in [0.25, 0.3) is 0 Å². The Morgan fingerprint density at radius 2 is 2.06 bits per heavy atom. The summed E-state index contributed by atoms with van der Waals surface area (Å²) in [7, 11) is 0. The van der Waals surface area contributed by atoms with E-state index in [0.29, 0.717) is 16.8 Å². The van der Waals surface area contributed by atoms with Crippen LogP contribution in [-0.4, -0.2) is 23.1 Å². The van der Waals surface area contributed by atoms with Crippen LogP contribution in [0.3, 0.4) is 0 Å². The first-order valence-corrected chi connectivity index (χ1v) is 5.99. The minimum atomic E-state index is 0.449. The van der Waals surface area contributed by atoms with E-state index in [0.717, 1.165) is 24.3 Å². The molecule has 2 atom stereocenters. The van der Waals surface area contributed by atoms with E-state index < -0.39 is 0 Å². The molecule has 86 valence electrons. The normalized spacial score (nSPS) is 24.8. The summed E-state index contributed by atoms with van der Waals surface area (Å²) in [5, 5.41) is 0. The summed E-state index contributed by atoms with van der Waals surface area (Å²) in [6.45, 7) is 6.67. The van der Waals surface area contributed by atoms with Crippen molar-refractivity contribution < 1.29 is 0 Å². The van der Waals surface area contributed by atoms with Crippen LogP contribution in [0.15, 0.2) is 18.5 Å². The third-order valence-electron chi connectivity index (χ3n) is 3.39. The van der Waals surface area contributed by atoms with Gasteiger partial charge in [0.15, 0.2) is 0 Å². The third kappa shape index (κ3) is 2.02. The summed E-state index contributed by atoms with van der Waals surface area (Å²) in [5.41, 5.74) is 7.74. The van der Waals surface area contributed by atoms with Gasteiger partial charge < -0.3 is 10.6 Å². The van der Waals surface area contributed by atoms with Gasteiger partial charge in [-0.15, -0.1) is 0 Å². The van der Waals surface area contributed by atoms with Gasteiger partial charge in [-0.3, -0.25) is 4.98 Å². The maximum Gasteiger partial charge on any atom is 0.106 e. The molecule has 3 nitrogen and oxygen atoms in total. The highest BCUT2D eigenvalue weighted by atomic mass is 32.1. The lowest BCUT2D eigenvalue weighted by Crippen LogP contribution is -2.24. The Labute approximate surface area is 102 Å². The van der Waals surface area contributed by atoms with Crippen LogP contribution in [0.1, 0.15) is 19.4 Å². The van der Waals surface area contributed by atoms with Crippen LogP contribution < -0.4 is 10.6 Å². The quantitative estimate of drug-likeness (QED) is 0.794. The van der Waals surface area contributed by atoms with Crippen molar-refractivity contribution in [1.29, 1.82) is 0 Å². The number of pyridine rings is 1. The highest BCUT2D eigenvalue weighted by Gasteiger charge is 2.27. The van der Waals surface area contributed by atoms with Gasteiger partial charge in [-0.2, -0.15) is 0 Å². The predicted molar refractivity (Wildman–Crippen MR) is 70.7 cm³/mol. The van der Waals surface area contributed by atoms with Crippen molar-refractivity contribution in [3.8, 4) is 0 Å². The maximum atomic E-state index is 5.73. The van der Waals surface area contributed by atoms with E-state index in [1.54, 1.807) is 6.20 Å². The number of rotatable bonds is 2. The maximum absolute atomic E-state index is 5.73. The zero-order chi connectivity index (χ0) is 11.7. The highest BCUT2D eigenvalue weighted by Crippen LogP contribution is 2.29. The number of aromatic nitrogens is 1. The Kier molecular flexibility index (Phi) is 3.10. The molecule has 2 rings (SSSR count). The van der Waals surface area contributed by atoms with E-state index in [2.05, 4.69) is 23.7 Å². The average Bonchev–Trinajstić information content (AvgIpc) is 2.59. The molecule has 0 radical (unpaired) electrons. The monoisotopic (exact) mass is 235 g/mol. The number of thiocarbonyl (C=S) groups is 1. The molecule has 1 aliphatic heterocycles. The van der Waals surface area contributed by atoms with Gasteiger partial charge in [-0.1, -0.05) is 26.1 Å². The van der Waals surface area contributed by atoms with Crippen molar-refractivity contribution in [3.05, 3.63) is 24.0 Å². The SMILES string of the molecule is CC1CN(c2cnccc2C(N)=S)CC1C. The van der Waals surface area contributed by atoms with Crippen molar-refractivity contribution in [2.45, 2.75) is 13.8 Å². The number of anilines is 1. The largest absolute Gasteiger partial charge is 0.389 e. The van der Waals surface area contributed by atoms with Crippen molar-refractivity contribution in [3.63, 3.8) is 0 Å². The highest BCUT2D eigenvalue weighted by molar-refractivity contribution is 7.80. The first kappa shape index (κ1) is 11.3. The van der Waals surface area contributed by atoms with Gasteiger partial charge >= 0.3 is 0 Å². The molecule has 0 amide bonds. The topological polar surface area (TPSA) is 42.2 Å². The first-order valence-electron chi connectivity index (χ1n) is 5.58. The minimum absolute atomic E-state index is 0.449. The van der Waals surface area contributed by atoms with Crippen LogP contribution in [0.2, 0.25) is 0 Å². The standard InChI is InChI=1S/C12H17N3S/c1-8-6-15(7-9(8)2)11-5-14-4-3-10(11)12(13)16/h3-5,8-9H,6-7H2,1-2H3,(H2,13,16). The molecule has 1 aliphatic rings. The van der Waals surface area contributed by atoms with Crippen molar-refractivity contribution in [2.75, 3.05) is 18.0 Å². The van der Waals surface area contributed by atoms with Crippen LogP contribution in [0.4, 0.5) is 5.69 Å². The molecular formula is C12H17N3S. The second kappa shape index (κ2) is 4.37. The lowest BCUT2D eigenvalue weighted by atomic mass is 10.0. The molecule has 0 spiro atoms. The third-order valence-corrected chi connectivity index (χ3v) is 3.61. The number of hydrogen-bond acceptors (Lipinski definition) is 3. The van der Waals surface area contributed by atoms with Gasteiger partial charge in [0.1, 0.15) is 4.99 Å². The smallest absolute Gasteiger partial charge is 0.106 e. The van der Waals surface area contributed by atoms with Crippen molar-refractivity contribution >= 4 is 22.9 Å². The van der Waals surface area contributed by atoms with E-state index >= 15 is 0 Å². The van der Waals surface area contributed by atoms with Crippen molar-refractivity contribution in [1.82, 2.24) is 4.98 Å². The molecule has 1 saturated heterocycles. The van der Waals surface area contributed by atoms with Crippen LogP contribution in [0.5, 0.6) is 0 Å². The van der Waals surface area contributed by atoms with Gasteiger partial charge in [0.25, 0.3) is 0 Å². The predicted octanol–water partition coefficient (Wildman–Crippen LogP) is 1.81. The molecule has 2 N–H and O–H groups in total. The van der Waals surface area contributed by atoms with Gasteiger partial charge in [0.05, 0.1) is 11.9 Å². The Morgan fingerprint density at radius 1 is 1.44 bits per heavy atom. The summed E-state index contributed by atoms with van der Waals surface area (Å²) in [6.07, 6.45) is 3.60. The molecule has 0 aromatic carbocycles. The summed E-state index contributed by atoms with van der Waals surface area (Å²) in [5.74, 6) is 1.42. The molecular weight excluding hydrogens is 218 g/mol. The van der Waals surface area contributed by atoms with E-state index in [1.165, 1.54) is 0 Å². The van der Waals surface area contributed by atoms with Crippen LogP contribution >= 0.6 is 12.2 Å². The molecule has 0 bridgehead atoms. The van der Waals surface area contributed by atoms with Crippen LogP contribution in [0, 0.1) is 11.8 Å². The lowest BCUT2D eigenvalue weighted by Gasteiger charge is -2.20. The second-order valence-electron chi connectivity index (χ2n) is 4.62. The fourth-order valence-corrected chi connectivity index (χ4v) is 2.35. The van der Waals surface area contributed by atoms with Crippen LogP contribution in [-0.2, 0) is 0 Å². The fraction of sp³-hybridized carbons (Fsp3) is 0.500. The van der Waals surface area contributed by atoms with Gasteiger partial charge in [-0.05, 0) is 17.9 Å². The number of nitrogens with zero attached hydrogens (tertiary/aromatic N) is 2. The Morgan fingerprint density at radius 3 is 2.62 bits per heavy atom. The zero-order valence-electron chi connectivity index (χ0n) is 9.68. The Balaban J connectivity index is 2.31. The Hall–Kier alpha value is -1.16. The summed E-state index contributed by atoms with van der Waals surface area (Å²) in [6, 6.07) is 1.89. The molecule has 0 saturated carbocycles. The molecule has 16 heavy (non-hydrogen) atoms. The fourth-order valence-electron chi connectivity index (χ4n) is 2.17. The first-order chi connectivity index (χ1) is 7.59. The molecule has 2 unspecified atom stereocenters. The minimum Gasteiger partial charge on any atom is -0.389 e. The molecule has 1 fully saturated rings. The molecule has 1 aromatic heterocycles. The molecule has 0 aliphatic carbocycles. The zero-order valence-corrected chi connectivity index (χ0v) is 10.5. The summed E-state index contributed by atoms with van der Waals surface area (Å²) < 4.78 is 0. The van der Waals surface area contributed by atoms with Crippen molar-refractivity contribution in [2.24, 2.45) is 17.6 Å². The Bertz CT molecular complexity index is 395.